The van der Waals surface area contributed by atoms with Gasteiger partial charge in [0, 0.05) is 6.04 Å². The van der Waals surface area contributed by atoms with Crippen LogP contribution in [-0.2, 0) is 6.42 Å². The van der Waals surface area contributed by atoms with Crippen molar-refractivity contribution in [1.82, 2.24) is 5.32 Å². The maximum absolute atomic E-state index is 3.33. The zero-order valence-corrected chi connectivity index (χ0v) is 12.9. The number of rotatable bonds is 6. The summed E-state index contributed by atoms with van der Waals surface area (Å²) in [6.07, 6.45) is 2.35. The Morgan fingerprint density at radius 1 is 1.06 bits per heavy atom. The summed E-state index contributed by atoms with van der Waals surface area (Å²) in [5.41, 5.74) is 3.23. The van der Waals surface area contributed by atoms with Crippen LogP contribution >= 0.6 is 0 Å². The van der Waals surface area contributed by atoms with Gasteiger partial charge in [-0.3, -0.25) is 0 Å². The predicted molar refractivity (Wildman–Crippen MR) is 81.2 cm³/mol. The van der Waals surface area contributed by atoms with Crippen molar-refractivity contribution in [2.24, 2.45) is 5.41 Å². The third-order valence-corrected chi connectivity index (χ3v) is 3.68. The quantitative estimate of drug-likeness (QED) is 0.787. The first kappa shape index (κ1) is 15.2. The molecule has 0 saturated carbocycles. The first-order valence-corrected chi connectivity index (χ1v) is 7.10. The Hall–Kier alpha value is -0.820. The van der Waals surface area contributed by atoms with Crippen molar-refractivity contribution in [3.05, 3.63) is 35.4 Å². The van der Waals surface area contributed by atoms with Crippen LogP contribution in [0.2, 0.25) is 0 Å². The molecule has 0 amide bonds. The lowest BCUT2D eigenvalue weighted by molar-refractivity contribution is 0.293. The molecule has 0 spiro atoms. The Morgan fingerprint density at radius 2 is 1.61 bits per heavy atom. The van der Waals surface area contributed by atoms with Gasteiger partial charge in [0.15, 0.2) is 0 Å². The topological polar surface area (TPSA) is 12.0 Å². The summed E-state index contributed by atoms with van der Waals surface area (Å²) in [6, 6.07) is 9.71. The van der Waals surface area contributed by atoms with E-state index in [0.29, 0.717) is 17.4 Å². The fraction of sp³-hybridized carbons (Fsp3) is 0.647. The SMILES string of the molecule is CNC(C)CC(C)(C)Cc1ccc(C(C)C)cc1. The van der Waals surface area contributed by atoms with Crippen molar-refractivity contribution < 1.29 is 0 Å². The molecule has 0 aliphatic rings. The second-order valence-corrected chi connectivity index (χ2v) is 6.63. The predicted octanol–water partition coefficient (Wildman–Crippen LogP) is 4.38. The van der Waals surface area contributed by atoms with E-state index in [1.807, 2.05) is 7.05 Å². The van der Waals surface area contributed by atoms with Crippen molar-refractivity contribution >= 4 is 0 Å². The van der Waals surface area contributed by atoms with E-state index < -0.39 is 0 Å². The third-order valence-electron chi connectivity index (χ3n) is 3.68. The van der Waals surface area contributed by atoms with E-state index in [1.54, 1.807) is 0 Å². The molecule has 0 heterocycles. The van der Waals surface area contributed by atoms with Crippen LogP contribution in [0.25, 0.3) is 0 Å². The number of hydrogen-bond acceptors (Lipinski definition) is 1. The van der Waals surface area contributed by atoms with E-state index in [1.165, 1.54) is 17.5 Å². The Balaban J connectivity index is 2.66. The van der Waals surface area contributed by atoms with Crippen LogP contribution in [0.1, 0.15) is 58.1 Å². The van der Waals surface area contributed by atoms with Crippen LogP contribution in [-0.4, -0.2) is 13.1 Å². The van der Waals surface area contributed by atoms with Gasteiger partial charge in [0.25, 0.3) is 0 Å². The number of hydrogen-bond donors (Lipinski definition) is 1. The highest BCUT2D eigenvalue weighted by Gasteiger charge is 2.21. The van der Waals surface area contributed by atoms with E-state index in [2.05, 4.69) is 64.2 Å². The standard InChI is InChI=1S/C17H29N/c1-13(2)16-9-7-15(8-10-16)12-17(4,5)11-14(3)18-6/h7-10,13-14,18H,11-12H2,1-6H3. The number of benzene rings is 1. The molecule has 0 aromatic heterocycles. The molecule has 1 unspecified atom stereocenters. The molecule has 102 valence electrons. The second kappa shape index (κ2) is 6.38. The zero-order chi connectivity index (χ0) is 13.8. The summed E-state index contributed by atoms with van der Waals surface area (Å²) in [4.78, 5) is 0. The highest BCUT2D eigenvalue weighted by Crippen LogP contribution is 2.28. The molecule has 1 nitrogen and oxygen atoms in total. The molecule has 1 aromatic rings. The van der Waals surface area contributed by atoms with Crippen LogP contribution in [0.4, 0.5) is 0 Å². The molecule has 1 heteroatoms. The van der Waals surface area contributed by atoms with Gasteiger partial charge in [-0.05, 0) is 49.3 Å². The third kappa shape index (κ3) is 4.81. The van der Waals surface area contributed by atoms with E-state index in [4.69, 9.17) is 0 Å². The molecule has 0 aliphatic carbocycles. The van der Waals surface area contributed by atoms with E-state index in [-0.39, 0.29) is 0 Å². The molecule has 1 atom stereocenters. The van der Waals surface area contributed by atoms with Gasteiger partial charge in [-0.25, -0.2) is 0 Å². The van der Waals surface area contributed by atoms with Gasteiger partial charge < -0.3 is 5.32 Å². The van der Waals surface area contributed by atoms with Crippen molar-refractivity contribution in [2.45, 2.75) is 59.4 Å². The van der Waals surface area contributed by atoms with Gasteiger partial charge >= 0.3 is 0 Å². The van der Waals surface area contributed by atoms with Gasteiger partial charge in [-0.1, -0.05) is 52.0 Å². The highest BCUT2D eigenvalue weighted by molar-refractivity contribution is 5.25. The largest absolute Gasteiger partial charge is 0.317 e. The molecule has 0 bridgehead atoms. The Kier molecular flexibility index (Phi) is 5.40. The molecule has 1 aromatic carbocycles. The molecular weight excluding hydrogens is 218 g/mol. The van der Waals surface area contributed by atoms with E-state index >= 15 is 0 Å². The maximum atomic E-state index is 3.33. The van der Waals surface area contributed by atoms with E-state index in [9.17, 15) is 0 Å². The molecule has 0 fully saturated rings. The Morgan fingerprint density at radius 3 is 2.06 bits per heavy atom. The van der Waals surface area contributed by atoms with Gasteiger partial charge in [0.2, 0.25) is 0 Å². The van der Waals surface area contributed by atoms with Gasteiger partial charge in [-0.15, -0.1) is 0 Å². The van der Waals surface area contributed by atoms with Crippen LogP contribution in [0, 0.1) is 5.41 Å². The fourth-order valence-electron chi connectivity index (χ4n) is 2.58. The summed E-state index contributed by atoms with van der Waals surface area (Å²) in [6.45, 7) is 11.5. The van der Waals surface area contributed by atoms with Crippen LogP contribution in [0.3, 0.4) is 0 Å². The average molecular weight is 247 g/mol. The smallest absolute Gasteiger partial charge is 0.00409 e. The lowest BCUT2D eigenvalue weighted by Crippen LogP contribution is -2.29. The first-order valence-electron chi connectivity index (χ1n) is 7.10. The minimum absolute atomic E-state index is 0.349. The monoisotopic (exact) mass is 247 g/mol. The Bertz CT molecular complexity index is 348. The molecule has 0 saturated heterocycles. The average Bonchev–Trinajstić information content (AvgIpc) is 2.28. The van der Waals surface area contributed by atoms with Crippen molar-refractivity contribution in [3.8, 4) is 0 Å². The number of nitrogens with one attached hydrogen (secondary N) is 1. The lowest BCUT2D eigenvalue weighted by atomic mass is 9.80. The summed E-state index contributed by atoms with van der Waals surface area (Å²) in [5, 5.41) is 3.33. The normalized spacial score (nSPS) is 13.9. The summed E-state index contributed by atoms with van der Waals surface area (Å²) in [5.74, 6) is 0.622. The minimum Gasteiger partial charge on any atom is -0.317 e. The fourth-order valence-corrected chi connectivity index (χ4v) is 2.58. The maximum Gasteiger partial charge on any atom is 0.00409 e. The molecular formula is C17H29N. The molecule has 18 heavy (non-hydrogen) atoms. The molecule has 1 N–H and O–H groups in total. The highest BCUT2D eigenvalue weighted by atomic mass is 14.9. The van der Waals surface area contributed by atoms with Crippen LogP contribution in [0.5, 0.6) is 0 Å². The van der Waals surface area contributed by atoms with Gasteiger partial charge in [0.1, 0.15) is 0 Å². The summed E-state index contributed by atoms with van der Waals surface area (Å²) < 4.78 is 0. The first-order chi connectivity index (χ1) is 8.34. The van der Waals surface area contributed by atoms with Crippen molar-refractivity contribution in [2.75, 3.05) is 7.05 Å². The van der Waals surface area contributed by atoms with Crippen molar-refractivity contribution in [3.63, 3.8) is 0 Å². The van der Waals surface area contributed by atoms with Gasteiger partial charge in [0.05, 0.1) is 0 Å². The van der Waals surface area contributed by atoms with Crippen LogP contribution in [0.15, 0.2) is 24.3 Å². The van der Waals surface area contributed by atoms with Gasteiger partial charge in [-0.2, -0.15) is 0 Å². The van der Waals surface area contributed by atoms with E-state index in [0.717, 1.165) is 6.42 Å². The molecule has 0 radical (unpaired) electrons. The lowest BCUT2D eigenvalue weighted by Gasteiger charge is -2.28. The summed E-state index contributed by atoms with van der Waals surface area (Å²) in [7, 11) is 2.04. The molecule has 0 aliphatic heterocycles. The Labute approximate surface area is 113 Å². The molecule has 1 rings (SSSR count). The minimum atomic E-state index is 0.349. The van der Waals surface area contributed by atoms with Crippen molar-refractivity contribution in [1.29, 1.82) is 0 Å². The van der Waals surface area contributed by atoms with Crippen LogP contribution < -0.4 is 5.32 Å². The summed E-state index contributed by atoms with van der Waals surface area (Å²) >= 11 is 0. The second-order valence-electron chi connectivity index (χ2n) is 6.63. The zero-order valence-electron chi connectivity index (χ0n) is 12.9.